The number of aliphatic hydroxyl groups is 1. The lowest BCUT2D eigenvalue weighted by molar-refractivity contribution is -0.132. The van der Waals surface area contributed by atoms with Crippen LogP contribution in [0.3, 0.4) is 0 Å². The second kappa shape index (κ2) is 3.53. The topological polar surface area (TPSA) is 79.1 Å². The predicted molar refractivity (Wildman–Crippen MR) is 53.0 cm³/mol. The van der Waals surface area contributed by atoms with Gasteiger partial charge in [-0.1, -0.05) is 0 Å². The van der Waals surface area contributed by atoms with Crippen LogP contribution in [0.25, 0.3) is 0 Å². The minimum Gasteiger partial charge on any atom is -0.490 e. The summed E-state index contributed by atoms with van der Waals surface area (Å²) in [5.74, 6) is -1.37. The Balaban J connectivity index is 2.24. The molecule has 0 saturated carbocycles. The van der Waals surface area contributed by atoms with E-state index in [0.29, 0.717) is 0 Å². The minimum absolute atomic E-state index is 0.0502. The summed E-state index contributed by atoms with van der Waals surface area (Å²) >= 11 is 1.64. The number of nitrogens with zero attached hydrogens (tertiary/aromatic N) is 2. The van der Waals surface area contributed by atoms with Crippen LogP contribution >= 0.6 is 11.8 Å². The van der Waals surface area contributed by atoms with Crippen LogP contribution < -0.4 is 0 Å². The van der Waals surface area contributed by atoms with Crippen LogP contribution in [0.2, 0.25) is 0 Å². The first-order valence-corrected chi connectivity index (χ1v) is 5.30. The molecule has 1 unspecified atom stereocenters. The summed E-state index contributed by atoms with van der Waals surface area (Å²) in [5.41, 5.74) is 0. The summed E-state index contributed by atoms with van der Waals surface area (Å²) in [6.45, 7) is 0. The van der Waals surface area contributed by atoms with Gasteiger partial charge in [-0.15, -0.1) is 0 Å². The Morgan fingerprint density at radius 1 is 1.36 bits per heavy atom. The number of hydrogen-bond donors (Lipinski definition) is 1. The molecule has 5 nitrogen and oxygen atoms in total. The van der Waals surface area contributed by atoms with Crippen molar-refractivity contribution in [3.05, 3.63) is 0 Å². The van der Waals surface area contributed by atoms with E-state index in [-0.39, 0.29) is 11.1 Å². The molecule has 0 radical (unpaired) electrons. The van der Waals surface area contributed by atoms with Crippen molar-refractivity contribution in [1.82, 2.24) is 0 Å². The van der Waals surface area contributed by atoms with Crippen molar-refractivity contribution >= 4 is 35.2 Å². The second-order valence-corrected chi connectivity index (χ2v) is 4.35. The number of Topliss-reactive ketones (excluding diaryl/α,β-unsaturated/α-hetero) is 1. The molecular formula is C8H8N2O3S. The van der Waals surface area contributed by atoms with Gasteiger partial charge >= 0.3 is 11.7 Å². The van der Waals surface area contributed by atoms with Gasteiger partial charge in [0, 0.05) is 0 Å². The molecule has 14 heavy (non-hydrogen) atoms. The van der Waals surface area contributed by atoms with Crippen molar-refractivity contribution < 1.29 is 14.7 Å². The molecular weight excluding hydrogens is 204 g/mol. The van der Waals surface area contributed by atoms with Crippen LogP contribution in [0.5, 0.6) is 0 Å². The van der Waals surface area contributed by atoms with Gasteiger partial charge in [0.05, 0.1) is 5.25 Å². The molecule has 0 aromatic carbocycles. The number of aliphatic hydroxyl groups excluding tert-OH is 1. The van der Waals surface area contributed by atoms with Gasteiger partial charge in [0.25, 0.3) is 5.90 Å². The molecule has 1 atom stereocenters. The van der Waals surface area contributed by atoms with Crippen LogP contribution in [-0.2, 0) is 9.59 Å². The Kier molecular flexibility index (Phi) is 2.37. The molecule has 2 rings (SSSR count). The third-order valence-corrected chi connectivity index (χ3v) is 3.42. The van der Waals surface area contributed by atoms with E-state index in [1.165, 1.54) is 0 Å². The molecule has 1 saturated heterocycles. The molecule has 0 spiro atoms. The van der Waals surface area contributed by atoms with E-state index in [9.17, 15) is 9.59 Å². The SMILES string of the molecule is O=C1N=C(C2CCCS2)N=C(O)C1=O. The number of rotatable bonds is 1. The van der Waals surface area contributed by atoms with Crippen molar-refractivity contribution in [1.29, 1.82) is 0 Å². The highest BCUT2D eigenvalue weighted by molar-refractivity contribution is 8.00. The number of carbonyl (C=O) groups excluding carboxylic acids is 2. The third kappa shape index (κ3) is 1.57. The van der Waals surface area contributed by atoms with Crippen LogP contribution in [0.15, 0.2) is 9.98 Å². The molecule has 1 amide bonds. The normalized spacial score (nSPS) is 27.6. The average Bonchev–Trinajstić information content (AvgIpc) is 2.66. The smallest absolute Gasteiger partial charge is 0.324 e. The molecule has 0 aliphatic carbocycles. The maximum absolute atomic E-state index is 11.0. The molecule has 6 heteroatoms. The zero-order valence-corrected chi connectivity index (χ0v) is 8.08. The van der Waals surface area contributed by atoms with E-state index in [1.807, 2.05) is 0 Å². The van der Waals surface area contributed by atoms with Gasteiger partial charge < -0.3 is 5.11 Å². The monoisotopic (exact) mass is 212 g/mol. The number of amidine groups is 1. The predicted octanol–water partition coefficient (Wildman–Crippen LogP) is 0.346. The lowest BCUT2D eigenvalue weighted by Crippen LogP contribution is -2.31. The average molecular weight is 212 g/mol. The zero-order chi connectivity index (χ0) is 10.1. The molecule has 2 heterocycles. The van der Waals surface area contributed by atoms with Crippen LogP contribution in [0.1, 0.15) is 12.8 Å². The van der Waals surface area contributed by atoms with Gasteiger partial charge in [0.15, 0.2) is 0 Å². The summed E-state index contributed by atoms with van der Waals surface area (Å²) in [6.07, 6.45) is 1.94. The molecule has 1 fully saturated rings. The van der Waals surface area contributed by atoms with Crippen LogP contribution in [0.4, 0.5) is 0 Å². The summed E-state index contributed by atoms with van der Waals surface area (Å²) in [7, 11) is 0. The van der Waals surface area contributed by atoms with Gasteiger partial charge in [-0.05, 0) is 18.6 Å². The maximum atomic E-state index is 11.0. The molecule has 0 bridgehead atoms. The van der Waals surface area contributed by atoms with E-state index >= 15 is 0 Å². The van der Waals surface area contributed by atoms with Gasteiger partial charge in [-0.25, -0.2) is 0 Å². The fourth-order valence-electron chi connectivity index (χ4n) is 1.36. The second-order valence-electron chi connectivity index (χ2n) is 3.04. The van der Waals surface area contributed by atoms with Crippen molar-refractivity contribution in [2.45, 2.75) is 18.1 Å². The van der Waals surface area contributed by atoms with E-state index in [1.54, 1.807) is 11.8 Å². The van der Waals surface area contributed by atoms with Gasteiger partial charge in [-0.3, -0.25) is 9.59 Å². The lowest BCUT2D eigenvalue weighted by atomic mass is 10.2. The highest BCUT2D eigenvalue weighted by Crippen LogP contribution is 2.28. The first kappa shape index (κ1) is 9.39. The maximum Gasteiger partial charge on any atom is 0.324 e. The van der Waals surface area contributed by atoms with Crippen molar-refractivity contribution in [3.8, 4) is 0 Å². The zero-order valence-electron chi connectivity index (χ0n) is 7.27. The van der Waals surface area contributed by atoms with Crippen molar-refractivity contribution in [2.75, 3.05) is 5.75 Å². The molecule has 74 valence electrons. The van der Waals surface area contributed by atoms with E-state index < -0.39 is 17.6 Å². The quantitative estimate of drug-likeness (QED) is 0.636. The summed E-state index contributed by atoms with van der Waals surface area (Å²) in [5, 5.41) is 9.12. The fourth-order valence-corrected chi connectivity index (χ4v) is 2.57. The van der Waals surface area contributed by atoms with Gasteiger partial charge in [0.1, 0.15) is 5.84 Å². The lowest BCUT2D eigenvalue weighted by Gasteiger charge is -2.10. The summed E-state index contributed by atoms with van der Waals surface area (Å²) in [6, 6.07) is 0. The summed E-state index contributed by atoms with van der Waals surface area (Å²) < 4.78 is 0. The molecule has 2 aliphatic rings. The Hall–Kier alpha value is -1.17. The van der Waals surface area contributed by atoms with E-state index in [4.69, 9.17) is 5.11 Å². The minimum atomic E-state index is -1.02. The number of ketones is 1. The Morgan fingerprint density at radius 2 is 2.14 bits per heavy atom. The first-order chi connectivity index (χ1) is 6.68. The fraction of sp³-hybridized carbons (Fsp3) is 0.500. The Morgan fingerprint density at radius 3 is 2.71 bits per heavy atom. The highest BCUT2D eigenvalue weighted by atomic mass is 32.2. The number of aliphatic imine (C=N–C) groups is 2. The molecule has 1 N–H and O–H groups in total. The number of amides is 1. The third-order valence-electron chi connectivity index (χ3n) is 2.05. The largest absolute Gasteiger partial charge is 0.490 e. The standard InChI is InChI=1S/C8H8N2O3S/c11-5-7(12)9-6(10-8(5)13)4-2-1-3-14-4/h4H,1-3H2,(H,9,10,12,13). The van der Waals surface area contributed by atoms with E-state index in [2.05, 4.69) is 9.98 Å². The molecule has 2 aliphatic heterocycles. The van der Waals surface area contributed by atoms with Crippen LogP contribution in [-0.4, -0.2) is 39.5 Å². The van der Waals surface area contributed by atoms with Crippen LogP contribution in [0, 0.1) is 0 Å². The summed E-state index contributed by atoms with van der Waals surface area (Å²) in [4.78, 5) is 29.0. The molecule has 0 aromatic rings. The van der Waals surface area contributed by atoms with Gasteiger partial charge in [-0.2, -0.15) is 21.7 Å². The number of carbonyl (C=O) groups is 2. The van der Waals surface area contributed by atoms with Crippen molar-refractivity contribution in [3.63, 3.8) is 0 Å². The number of hydrogen-bond acceptors (Lipinski definition) is 4. The van der Waals surface area contributed by atoms with E-state index in [0.717, 1.165) is 18.6 Å². The molecule has 0 aromatic heterocycles. The van der Waals surface area contributed by atoms with Crippen molar-refractivity contribution in [2.24, 2.45) is 9.98 Å². The Labute approximate surface area is 84.3 Å². The Bertz CT molecular complexity index is 356. The highest BCUT2D eigenvalue weighted by Gasteiger charge is 2.30. The van der Waals surface area contributed by atoms with Gasteiger partial charge in [0.2, 0.25) is 0 Å². The number of thioether (sulfide) groups is 1. The first-order valence-electron chi connectivity index (χ1n) is 4.25.